The summed E-state index contributed by atoms with van der Waals surface area (Å²) in [5.74, 6) is 2.05. The first-order valence-corrected chi connectivity index (χ1v) is 33.3. The van der Waals surface area contributed by atoms with Gasteiger partial charge >= 0.3 is 0 Å². The third kappa shape index (κ3) is 15.6. The molecule has 3 atom stereocenters. The Morgan fingerprint density at radius 3 is 1.44 bits per heavy atom. The number of fused-ring (bicyclic) bond motifs is 3. The van der Waals surface area contributed by atoms with E-state index in [0.717, 1.165) is 97.5 Å². The summed E-state index contributed by atoms with van der Waals surface area (Å²) in [5.41, 5.74) is 4.96. The highest BCUT2D eigenvalue weighted by atomic mass is 35.5. The topological polar surface area (TPSA) is 284 Å². The summed E-state index contributed by atoms with van der Waals surface area (Å²) in [4.78, 5) is 58.4. The highest BCUT2D eigenvalue weighted by Gasteiger charge is 2.28. The first-order valence-electron chi connectivity index (χ1n) is 29.7. The van der Waals surface area contributed by atoms with E-state index in [1.54, 1.807) is 85.3 Å². The molecule has 0 radical (unpaired) electrons. The number of amides is 2. The minimum absolute atomic E-state index is 0. The average molecular weight is 1330 g/mol. The lowest BCUT2D eigenvalue weighted by atomic mass is 10.1. The summed E-state index contributed by atoms with van der Waals surface area (Å²) in [5, 5.41) is 23.3. The fraction of sp³-hybridized carbons (Fsp3) is 0.302. The Kier molecular flexibility index (Phi) is 21.2. The highest BCUT2D eigenvalue weighted by molar-refractivity contribution is 7.90. The Morgan fingerprint density at radius 1 is 0.538 bits per heavy atom. The van der Waals surface area contributed by atoms with Crippen molar-refractivity contribution >= 4 is 129 Å². The fourth-order valence-corrected chi connectivity index (χ4v) is 14.1. The van der Waals surface area contributed by atoms with Crippen LogP contribution in [0.15, 0.2) is 163 Å². The lowest BCUT2D eigenvalue weighted by molar-refractivity contribution is -0.131. The van der Waals surface area contributed by atoms with Gasteiger partial charge in [-0.05, 0) is 126 Å². The Morgan fingerprint density at radius 2 is 0.978 bits per heavy atom. The summed E-state index contributed by atoms with van der Waals surface area (Å²) < 4.78 is 54.9. The van der Waals surface area contributed by atoms with Crippen molar-refractivity contribution in [1.29, 1.82) is 0 Å². The number of H-pyrrole nitrogens is 1. The maximum Gasteiger partial charge on any atom is 0.269 e. The van der Waals surface area contributed by atoms with E-state index in [-0.39, 0.29) is 65.2 Å². The Bertz CT molecular complexity index is 4380. The van der Waals surface area contributed by atoms with Gasteiger partial charge in [0, 0.05) is 69.4 Å². The smallest absolute Gasteiger partial charge is 0.269 e. The van der Waals surface area contributed by atoms with Crippen molar-refractivity contribution in [3.8, 4) is 0 Å². The van der Waals surface area contributed by atoms with Crippen LogP contribution in [0.1, 0.15) is 49.7 Å². The van der Waals surface area contributed by atoms with E-state index < -0.39 is 20.0 Å². The molecule has 91 heavy (non-hydrogen) atoms. The van der Waals surface area contributed by atoms with Gasteiger partial charge in [0.15, 0.2) is 11.3 Å². The van der Waals surface area contributed by atoms with E-state index in [0.29, 0.717) is 63.4 Å². The molecular weight excluding hydrogens is 1260 g/mol. The SMILES string of the molecule is Cc1ccc(S(=O)(=O)n2ccc3c(N[C@H]4CCCN(C(=O)CNc5ccccc5Cl)C4)ncnc32)cc1.Cc1ccc(S(=O)(=O)n2ccc3c(N[C@H]4CCCNC4)ncnc32)cc1.Cl.O=C(CNc1ccccc1Cl)N1CCC[C@H](Nc2ncnc3[nH]ccc23)C1. The number of aromatic amines is 1. The third-order valence-electron chi connectivity index (χ3n) is 15.9. The number of aromatic nitrogens is 9. The molecule has 0 aliphatic carbocycles. The number of aryl methyl sites for hydroxylation is 2. The predicted molar refractivity (Wildman–Crippen MR) is 360 cm³/mol. The van der Waals surface area contributed by atoms with Gasteiger partial charge in [-0.2, -0.15) is 0 Å². The zero-order valence-electron chi connectivity index (χ0n) is 50.0. The first-order chi connectivity index (χ1) is 43.6. The zero-order valence-corrected chi connectivity index (χ0v) is 53.9. The molecule has 0 saturated carbocycles. The van der Waals surface area contributed by atoms with Crippen molar-refractivity contribution in [2.45, 2.75) is 80.3 Å². The lowest BCUT2D eigenvalue weighted by Gasteiger charge is -2.33. The second-order valence-electron chi connectivity index (χ2n) is 22.2. The van der Waals surface area contributed by atoms with Crippen LogP contribution in [0.5, 0.6) is 0 Å². The molecule has 4 aromatic carbocycles. The minimum atomic E-state index is -3.81. The number of anilines is 5. The van der Waals surface area contributed by atoms with Gasteiger partial charge in [0.05, 0.1) is 60.5 Å². The number of benzene rings is 4. The number of rotatable bonds is 16. The van der Waals surface area contributed by atoms with Gasteiger partial charge in [-0.15, -0.1) is 12.4 Å². The maximum absolute atomic E-state index is 13.2. The number of likely N-dealkylation sites (tertiary alicyclic amines) is 2. The number of para-hydroxylation sites is 2. The van der Waals surface area contributed by atoms with Crippen LogP contribution in [0.3, 0.4) is 0 Å². The van der Waals surface area contributed by atoms with Crippen LogP contribution in [0, 0.1) is 13.8 Å². The molecule has 9 heterocycles. The van der Waals surface area contributed by atoms with Crippen molar-refractivity contribution in [2.75, 3.05) is 78.9 Å². The van der Waals surface area contributed by atoms with Crippen LogP contribution < -0.4 is 31.9 Å². The summed E-state index contributed by atoms with van der Waals surface area (Å²) in [7, 11) is -7.51. The van der Waals surface area contributed by atoms with Crippen molar-refractivity contribution < 1.29 is 26.4 Å². The van der Waals surface area contributed by atoms with Crippen molar-refractivity contribution in [1.82, 2.24) is 57.9 Å². The maximum atomic E-state index is 13.2. The van der Waals surface area contributed by atoms with Gasteiger partial charge in [0.2, 0.25) is 11.8 Å². The van der Waals surface area contributed by atoms with Crippen LogP contribution in [0.25, 0.3) is 33.1 Å². The van der Waals surface area contributed by atoms with Crippen molar-refractivity contribution in [3.05, 3.63) is 174 Å². The molecule has 3 aliphatic heterocycles. The normalized spacial score (nSPS) is 16.8. The van der Waals surface area contributed by atoms with Gasteiger partial charge in [0.25, 0.3) is 20.0 Å². The summed E-state index contributed by atoms with van der Waals surface area (Å²) >= 11 is 12.3. The number of hydrogen-bond donors (Lipinski definition) is 7. The second kappa shape index (κ2) is 29.6. The predicted octanol–water partition coefficient (Wildman–Crippen LogP) is 9.83. The van der Waals surface area contributed by atoms with Crippen LogP contribution in [-0.4, -0.2) is 152 Å². The van der Waals surface area contributed by atoms with Crippen LogP contribution in [-0.2, 0) is 29.6 Å². The van der Waals surface area contributed by atoms with Crippen molar-refractivity contribution in [2.24, 2.45) is 0 Å². The zero-order chi connectivity index (χ0) is 62.8. The number of hydrogen-bond acceptors (Lipinski definition) is 18. The quantitative estimate of drug-likeness (QED) is 0.0474. The number of halogens is 3. The lowest BCUT2D eigenvalue weighted by Crippen LogP contribution is -2.47. The monoisotopic (exact) mass is 1330 g/mol. The summed E-state index contributed by atoms with van der Waals surface area (Å²) in [6, 6.07) is 34.1. The molecule has 0 bridgehead atoms. The standard InChI is InChI=1S/C26H27ClN6O3S.C19H21ClN6O.C18H21N5O2S.ClH/c1-18-8-10-20(11-9-18)37(35,36)33-14-12-21-25(29-17-30-26(21)33)31-19-5-4-13-32(16-19)24(34)15-28-23-7-3-2-6-22(23)27;20-15-5-1-2-6-16(15)22-10-17(27)26-9-3-4-13(11-26)25-19-14-7-8-21-18(14)23-12-24-19;1-13-4-6-15(7-5-13)26(24,25)23-10-8-16-17(20-12-21-18(16)23)22-14-3-2-9-19-11-14;/h2-3,6-12,14,17,19,28H,4-5,13,15-16H2,1H3,(H,29,30,31);1-2,5-8,12-13,22H,3-4,9-11H2,(H2,21,23,24,25);4-8,10,12,14,19H,2-3,9,11H2,1H3,(H,20,21,22);1H/t19-;13-;14-;/m000./s1. The summed E-state index contributed by atoms with van der Waals surface area (Å²) in [6.07, 6.45) is 15.0. The average Bonchev–Trinajstić information content (AvgIpc) is 1.78. The molecule has 7 N–H and O–H groups in total. The van der Waals surface area contributed by atoms with Crippen LogP contribution in [0.2, 0.25) is 10.0 Å². The molecule has 2 amide bonds. The number of carbonyl (C=O) groups is 2. The van der Waals surface area contributed by atoms with E-state index in [1.165, 1.54) is 26.8 Å². The molecule has 0 unspecified atom stereocenters. The molecular formula is C63H70Cl3N17O6S2. The Labute approximate surface area is 543 Å². The molecule has 6 aromatic heterocycles. The molecule has 10 aromatic rings. The van der Waals surface area contributed by atoms with Gasteiger partial charge in [0.1, 0.15) is 42.1 Å². The highest BCUT2D eigenvalue weighted by Crippen LogP contribution is 2.30. The second-order valence-corrected chi connectivity index (χ2v) is 26.7. The van der Waals surface area contributed by atoms with E-state index in [4.69, 9.17) is 23.2 Å². The Hall–Kier alpha value is -8.59. The number of nitrogens with zero attached hydrogens (tertiary/aromatic N) is 10. The van der Waals surface area contributed by atoms with Gasteiger partial charge in [-0.25, -0.2) is 54.7 Å². The van der Waals surface area contributed by atoms with E-state index in [1.807, 2.05) is 72.3 Å². The van der Waals surface area contributed by atoms with Crippen LogP contribution >= 0.6 is 35.6 Å². The van der Waals surface area contributed by atoms with Crippen molar-refractivity contribution in [3.63, 3.8) is 0 Å². The third-order valence-corrected chi connectivity index (χ3v) is 19.9. The molecule has 28 heteroatoms. The summed E-state index contributed by atoms with van der Waals surface area (Å²) in [6.45, 7) is 8.71. The molecule has 23 nitrogen and oxygen atoms in total. The Balaban J connectivity index is 0.000000152. The molecule has 0 spiro atoms. The van der Waals surface area contributed by atoms with E-state index in [2.05, 4.69) is 66.8 Å². The molecule has 3 saturated heterocycles. The van der Waals surface area contributed by atoms with Crippen LogP contribution in [0.4, 0.5) is 28.8 Å². The van der Waals surface area contributed by atoms with Gasteiger partial charge < -0.3 is 46.7 Å². The number of carbonyl (C=O) groups excluding carboxylic acids is 2. The van der Waals surface area contributed by atoms with Gasteiger partial charge in [-0.3, -0.25) is 9.59 Å². The minimum Gasteiger partial charge on any atom is -0.375 e. The molecule has 476 valence electrons. The van der Waals surface area contributed by atoms with E-state index in [9.17, 15) is 26.4 Å². The fourth-order valence-electron chi connectivity index (χ4n) is 11.1. The first kappa shape index (κ1) is 65.4. The number of nitrogens with one attached hydrogen (secondary N) is 7. The van der Waals surface area contributed by atoms with E-state index >= 15 is 0 Å². The number of piperidine rings is 3. The van der Waals surface area contributed by atoms with Gasteiger partial charge in [-0.1, -0.05) is 82.9 Å². The molecule has 3 fully saturated rings. The molecule has 3 aliphatic rings. The largest absolute Gasteiger partial charge is 0.375 e. The molecule has 13 rings (SSSR count).